The van der Waals surface area contributed by atoms with Gasteiger partial charge in [-0.2, -0.15) is 13.2 Å². The lowest BCUT2D eigenvalue weighted by Crippen LogP contribution is -2.33. The molecule has 2 aliphatic rings. The number of nitrogens with zero attached hydrogens (tertiary/aromatic N) is 1. The van der Waals surface area contributed by atoms with E-state index in [0.29, 0.717) is 23.7 Å². The van der Waals surface area contributed by atoms with Crippen molar-refractivity contribution >= 4 is 11.6 Å². The molecule has 2 heterocycles. The van der Waals surface area contributed by atoms with Gasteiger partial charge in [-0.15, -0.1) is 12.8 Å². The van der Waals surface area contributed by atoms with Gasteiger partial charge in [0, 0.05) is 30.9 Å². The minimum atomic E-state index is -4.09. The zero-order valence-corrected chi connectivity index (χ0v) is 22.9. The lowest BCUT2D eigenvalue weighted by molar-refractivity contribution is -0.189. The summed E-state index contributed by atoms with van der Waals surface area (Å²) in [6, 6.07) is -0.393. The minimum Gasteiger partial charge on any atom is -0.356 e. The van der Waals surface area contributed by atoms with Crippen LogP contribution in [0.4, 0.5) is 13.2 Å². The van der Waals surface area contributed by atoms with E-state index >= 15 is 0 Å². The van der Waals surface area contributed by atoms with E-state index in [-0.39, 0.29) is 25.2 Å². The number of hydrogen-bond acceptors (Lipinski definition) is 4. The molecule has 0 spiro atoms. The van der Waals surface area contributed by atoms with Crippen molar-refractivity contribution < 1.29 is 18.0 Å². The monoisotopic (exact) mass is 503 g/mol. The van der Waals surface area contributed by atoms with E-state index in [2.05, 4.69) is 35.1 Å². The number of carbonyl (C=O) groups excluding carboxylic acids is 1. The van der Waals surface area contributed by atoms with Crippen LogP contribution < -0.4 is 11.1 Å². The highest BCUT2D eigenvalue weighted by molar-refractivity contribution is 5.76. The van der Waals surface area contributed by atoms with Gasteiger partial charge in [-0.1, -0.05) is 34.6 Å². The zero-order chi connectivity index (χ0) is 28.2. The number of amides is 1. The number of aromatic nitrogens is 2. The Kier molecular flexibility index (Phi) is 21.2. The fraction of sp³-hybridized carbons (Fsp3) is 0.731. The van der Waals surface area contributed by atoms with Crippen LogP contribution in [0.5, 0.6) is 0 Å². The molecule has 1 saturated carbocycles. The van der Waals surface area contributed by atoms with Crippen LogP contribution in [-0.2, 0) is 4.79 Å². The summed E-state index contributed by atoms with van der Waals surface area (Å²) in [4.78, 5) is 17.4. The summed E-state index contributed by atoms with van der Waals surface area (Å²) in [6.07, 6.45) is 8.21. The predicted octanol–water partition coefficient (Wildman–Crippen LogP) is 6.72. The SMILES string of the molecule is C#C.CC.CC.CC(C)=N.CC1CCC(=O)NC1.Cc1ncc([C@@H](N)CCC2(C(F)(F)F)CC2)[nH]1. The zero-order valence-electron chi connectivity index (χ0n) is 22.9. The van der Waals surface area contributed by atoms with Crippen LogP contribution in [0.25, 0.3) is 0 Å². The van der Waals surface area contributed by atoms with Crippen molar-refractivity contribution in [2.45, 2.75) is 106 Å². The van der Waals surface area contributed by atoms with Gasteiger partial charge in [0.1, 0.15) is 5.82 Å². The van der Waals surface area contributed by atoms with Crippen molar-refractivity contribution in [2.24, 2.45) is 17.1 Å². The number of nitrogens with one attached hydrogen (secondary N) is 3. The second kappa shape index (κ2) is 19.9. The summed E-state index contributed by atoms with van der Waals surface area (Å²) in [5.74, 6) is 1.63. The van der Waals surface area contributed by atoms with Crippen molar-refractivity contribution in [1.82, 2.24) is 15.3 Å². The van der Waals surface area contributed by atoms with Gasteiger partial charge in [0.05, 0.1) is 11.1 Å². The largest absolute Gasteiger partial charge is 0.394 e. The Morgan fingerprint density at radius 3 is 2.03 bits per heavy atom. The standard InChI is InChI=1S/C11H16F3N3.C6H11NO.C3H7N.2C2H6.C2H2/c1-7-16-6-9(17-7)8(15)2-3-10(4-5-10)11(12,13)14;1-5-2-3-6(8)7-4-5;1-3(2)4;3*1-2/h6,8H,2-5,15H2,1H3,(H,16,17);5H,2-4H2,1H3,(H,7,8);4H,1-2H3;2*1-2H3;1-2H/t8-;;;;;/m0...../s1. The van der Waals surface area contributed by atoms with Crippen molar-refractivity contribution in [3.8, 4) is 12.8 Å². The Morgan fingerprint density at radius 1 is 1.26 bits per heavy atom. The van der Waals surface area contributed by atoms with Crippen LogP contribution in [0.3, 0.4) is 0 Å². The van der Waals surface area contributed by atoms with Crippen LogP contribution in [0.1, 0.15) is 105 Å². The molecule has 5 N–H and O–H groups in total. The summed E-state index contributed by atoms with van der Waals surface area (Å²) in [5, 5.41) is 9.29. The molecule has 35 heavy (non-hydrogen) atoms. The molecule has 0 aromatic carbocycles. The normalized spacial score (nSPS) is 17.8. The third-order valence-electron chi connectivity index (χ3n) is 5.02. The summed E-state index contributed by atoms with van der Waals surface area (Å²) in [7, 11) is 0. The predicted molar refractivity (Wildman–Crippen MR) is 140 cm³/mol. The highest BCUT2D eigenvalue weighted by Gasteiger charge is 2.62. The van der Waals surface area contributed by atoms with Crippen molar-refractivity contribution in [3.63, 3.8) is 0 Å². The number of carbonyl (C=O) groups is 1. The fourth-order valence-electron chi connectivity index (χ4n) is 2.90. The number of rotatable bonds is 4. The summed E-state index contributed by atoms with van der Waals surface area (Å²) in [5.41, 5.74) is 5.76. The number of terminal acetylenes is 1. The van der Waals surface area contributed by atoms with E-state index in [0.717, 1.165) is 25.2 Å². The van der Waals surface area contributed by atoms with E-state index < -0.39 is 17.6 Å². The molecule has 0 bridgehead atoms. The first kappa shape index (κ1) is 37.2. The topological polar surface area (TPSA) is 108 Å². The van der Waals surface area contributed by atoms with E-state index in [4.69, 9.17) is 11.1 Å². The first-order chi connectivity index (χ1) is 16.4. The van der Waals surface area contributed by atoms with Crippen molar-refractivity contribution in [2.75, 3.05) is 6.54 Å². The van der Waals surface area contributed by atoms with E-state index in [1.807, 2.05) is 27.7 Å². The van der Waals surface area contributed by atoms with Gasteiger partial charge in [-0.05, 0) is 58.8 Å². The molecule has 1 unspecified atom stereocenters. The molecule has 1 aliphatic carbocycles. The van der Waals surface area contributed by atoms with Crippen LogP contribution in [-0.4, -0.2) is 34.3 Å². The van der Waals surface area contributed by atoms with Crippen molar-refractivity contribution in [1.29, 1.82) is 5.41 Å². The molecule has 1 saturated heterocycles. The lowest BCUT2D eigenvalue weighted by atomic mass is 9.96. The van der Waals surface area contributed by atoms with Crippen LogP contribution in [0, 0.1) is 36.5 Å². The molecular weight excluding hydrogens is 455 g/mol. The molecule has 3 rings (SSSR count). The van der Waals surface area contributed by atoms with Crippen LogP contribution in [0.2, 0.25) is 0 Å². The third kappa shape index (κ3) is 16.8. The second-order valence-corrected chi connectivity index (χ2v) is 8.30. The van der Waals surface area contributed by atoms with Gasteiger partial charge in [-0.3, -0.25) is 4.79 Å². The molecule has 6 nitrogen and oxygen atoms in total. The average Bonchev–Trinajstić information content (AvgIpc) is 3.52. The number of halogens is 3. The van der Waals surface area contributed by atoms with Gasteiger partial charge < -0.3 is 21.4 Å². The summed E-state index contributed by atoms with van der Waals surface area (Å²) < 4.78 is 38.1. The molecule has 1 aromatic heterocycles. The summed E-state index contributed by atoms with van der Waals surface area (Å²) in [6.45, 7) is 16.3. The van der Waals surface area contributed by atoms with Crippen molar-refractivity contribution in [3.05, 3.63) is 17.7 Å². The van der Waals surface area contributed by atoms with Gasteiger partial charge in [-0.25, -0.2) is 4.98 Å². The maximum absolute atomic E-state index is 12.7. The van der Waals surface area contributed by atoms with Gasteiger partial charge in [0.15, 0.2) is 0 Å². The molecule has 2 atom stereocenters. The number of alkyl halides is 3. The number of nitrogens with two attached hydrogens (primary N) is 1. The Hall–Kier alpha value is -2.34. The number of piperidine rings is 1. The number of hydrogen-bond donors (Lipinski definition) is 4. The molecule has 9 heteroatoms. The Morgan fingerprint density at radius 2 is 1.74 bits per heavy atom. The average molecular weight is 504 g/mol. The molecular formula is C26H48F3N5O. The molecule has 204 valence electrons. The maximum atomic E-state index is 12.7. The summed E-state index contributed by atoms with van der Waals surface area (Å²) >= 11 is 0. The minimum absolute atomic E-state index is 0.107. The highest BCUT2D eigenvalue weighted by Crippen LogP contribution is 2.60. The third-order valence-corrected chi connectivity index (χ3v) is 5.02. The maximum Gasteiger partial charge on any atom is 0.394 e. The van der Waals surface area contributed by atoms with E-state index in [9.17, 15) is 18.0 Å². The van der Waals surface area contributed by atoms with Gasteiger partial charge >= 0.3 is 6.18 Å². The van der Waals surface area contributed by atoms with Gasteiger partial charge in [0.2, 0.25) is 5.91 Å². The van der Waals surface area contributed by atoms with Crippen LogP contribution >= 0.6 is 0 Å². The quantitative estimate of drug-likeness (QED) is 0.270. The molecule has 1 aliphatic heterocycles. The Balaban J connectivity index is -0.000000475. The highest BCUT2D eigenvalue weighted by atomic mass is 19.4. The van der Waals surface area contributed by atoms with E-state index in [1.54, 1.807) is 27.0 Å². The number of imidazole rings is 1. The van der Waals surface area contributed by atoms with E-state index in [1.165, 1.54) is 0 Å². The Labute approximate surface area is 211 Å². The second-order valence-electron chi connectivity index (χ2n) is 8.30. The van der Waals surface area contributed by atoms with Crippen LogP contribution in [0.15, 0.2) is 6.20 Å². The molecule has 1 aromatic rings. The lowest BCUT2D eigenvalue weighted by Gasteiger charge is -2.20. The smallest absolute Gasteiger partial charge is 0.356 e. The molecule has 0 radical (unpaired) electrons. The first-order valence-electron chi connectivity index (χ1n) is 12.3. The number of aromatic amines is 1. The number of H-pyrrole nitrogens is 1. The fourth-order valence-corrected chi connectivity index (χ4v) is 2.90. The first-order valence-corrected chi connectivity index (χ1v) is 12.3. The molecule has 2 fully saturated rings. The molecule has 1 amide bonds. The van der Waals surface area contributed by atoms with Gasteiger partial charge in [0.25, 0.3) is 0 Å². The number of aryl methyl sites for hydroxylation is 1. The Bertz CT molecular complexity index is 695.